The lowest BCUT2D eigenvalue weighted by molar-refractivity contribution is -0.137. The number of halogens is 3. The van der Waals surface area contributed by atoms with E-state index in [1.807, 2.05) is 0 Å². The van der Waals surface area contributed by atoms with E-state index in [9.17, 15) is 18.0 Å². The molecule has 7 heteroatoms. The summed E-state index contributed by atoms with van der Waals surface area (Å²) in [4.78, 5) is 11.0. The second-order valence-electron chi connectivity index (χ2n) is 4.24. The van der Waals surface area contributed by atoms with E-state index in [2.05, 4.69) is 0 Å². The van der Waals surface area contributed by atoms with E-state index < -0.39 is 17.6 Å². The summed E-state index contributed by atoms with van der Waals surface area (Å²) in [5, 5.41) is 0. The van der Waals surface area contributed by atoms with Crippen molar-refractivity contribution in [1.29, 1.82) is 0 Å². The van der Waals surface area contributed by atoms with Crippen molar-refractivity contribution in [2.75, 3.05) is 5.73 Å². The van der Waals surface area contributed by atoms with Crippen molar-refractivity contribution in [3.05, 3.63) is 53.6 Å². The molecule has 0 fully saturated rings. The fraction of sp³-hybridized carbons (Fsp3) is 0.0714. The molecule has 0 saturated heterocycles. The van der Waals surface area contributed by atoms with Crippen molar-refractivity contribution in [1.82, 2.24) is 0 Å². The fourth-order valence-electron chi connectivity index (χ4n) is 1.69. The van der Waals surface area contributed by atoms with Crippen LogP contribution in [0.5, 0.6) is 11.5 Å². The highest BCUT2D eigenvalue weighted by molar-refractivity contribution is 5.93. The number of amides is 1. The zero-order valence-corrected chi connectivity index (χ0v) is 10.6. The van der Waals surface area contributed by atoms with Crippen molar-refractivity contribution in [3.63, 3.8) is 0 Å². The molecule has 0 unspecified atom stereocenters. The molecule has 2 aromatic carbocycles. The van der Waals surface area contributed by atoms with Gasteiger partial charge in [-0.25, -0.2) is 0 Å². The number of rotatable bonds is 3. The highest BCUT2D eigenvalue weighted by Gasteiger charge is 2.33. The molecule has 0 spiro atoms. The normalized spacial score (nSPS) is 11.2. The number of carbonyl (C=O) groups is 1. The highest BCUT2D eigenvalue weighted by Crippen LogP contribution is 2.36. The fourth-order valence-corrected chi connectivity index (χ4v) is 1.69. The second kappa shape index (κ2) is 5.35. The summed E-state index contributed by atoms with van der Waals surface area (Å²) in [6, 6.07) is 9.03. The van der Waals surface area contributed by atoms with Crippen molar-refractivity contribution < 1.29 is 22.7 Å². The quantitative estimate of drug-likeness (QED) is 0.854. The van der Waals surface area contributed by atoms with Crippen molar-refractivity contribution in [2.24, 2.45) is 5.73 Å². The average molecular weight is 296 g/mol. The van der Waals surface area contributed by atoms with Crippen LogP contribution in [0, 0.1) is 0 Å². The van der Waals surface area contributed by atoms with Crippen LogP contribution >= 0.6 is 0 Å². The summed E-state index contributed by atoms with van der Waals surface area (Å²) in [5.74, 6) is -0.504. The molecule has 0 bridgehead atoms. The molecule has 4 nitrogen and oxygen atoms in total. The molecule has 21 heavy (non-hydrogen) atoms. The van der Waals surface area contributed by atoms with E-state index in [0.29, 0.717) is 0 Å². The van der Waals surface area contributed by atoms with Crippen LogP contribution in [-0.4, -0.2) is 5.91 Å². The molecule has 2 rings (SSSR count). The zero-order chi connectivity index (χ0) is 15.6. The maximum Gasteiger partial charge on any atom is 0.418 e. The highest BCUT2D eigenvalue weighted by atomic mass is 19.4. The molecule has 0 saturated carbocycles. The van der Waals surface area contributed by atoms with Crippen LogP contribution in [-0.2, 0) is 6.18 Å². The van der Waals surface area contributed by atoms with E-state index in [1.165, 1.54) is 30.3 Å². The Labute approximate surface area is 118 Å². The van der Waals surface area contributed by atoms with Crippen LogP contribution in [0.15, 0.2) is 42.5 Å². The molecular formula is C14H11F3N2O2. The maximum absolute atomic E-state index is 12.7. The minimum atomic E-state index is -4.57. The van der Waals surface area contributed by atoms with Crippen LogP contribution in [0.1, 0.15) is 15.9 Å². The summed E-state index contributed by atoms with van der Waals surface area (Å²) >= 11 is 0. The summed E-state index contributed by atoms with van der Waals surface area (Å²) in [6.07, 6.45) is -4.57. The van der Waals surface area contributed by atoms with E-state index in [4.69, 9.17) is 16.2 Å². The lowest BCUT2D eigenvalue weighted by Crippen LogP contribution is -2.10. The Morgan fingerprint density at radius 3 is 2.33 bits per heavy atom. The van der Waals surface area contributed by atoms with E-state index in [0.717, 1.165) is 12.1 Å². The average Bonchev–Trinajstić information content (AvgIpc) is 2.40. The number of carbonyl (C=O) groups excluding carboxylic acids is 1. The predicted molar refractivity (Wildman–Crippen MR) is 70.9 cm³/mol. The lowest BCUT2D eigenvalue weighted by Gasteiger charge is -2.12. The molecule has 0 atom stereocenters. The lowest BCUT2D eigenvalue weighted by atomic mass is 10.1. The summed E-state index contributed by atoms with van der Waals surface area (Å²) < 4.78 is 43.5. The van der Waals surface area contributed by atoms with Gasteiger partial charge >= 0.3 is 6.18 Å². The van der Waals surface area contributed by atoms with Gasteiger partial charge in [-0.05, 0) is 36.4 Å². The number of nitrogen functional groups attached to an aromatic ring is 1. The van der Waals surface area contributed by atoms with Crippen LogP contribution in [0.3, 0.4) is 0 Å². The number of benzene rings is 2. The Morgan fingerprint density at radius 1 is 1.05 bits per heavy atom. The summed E-state index contributed by atoms with van der Waals surface area (Å²) in [7, 11) is 0. The molecule has 0 aliphatic rings. The van der Waals surface area contributed by atoms with Crippen LogP contribution in [0.4, 0.5) is 18.9 Å². The molecule has 4 N–H and O–H groups in total. The Hall–Kier alpha value is -2.70. The third kappa shape index (κ3) is 3.44. The first-order chi connectivity index (χ1) is 9.77. The van der Waals surface area contributed by atoms with Crippen LogP contribution in [0.25, 0.3) is 0 Å². The Morgan fingerprint density at radius 2 is 1.71 bits per heavy atom. The Balaban J connectivity index is 2.32. The van der Waals surface area contributed by atoms with Gasteiger partial charge in [0.2, 0.25) is 5.91 Å². The third-order valence-corrected chi connectivity index (χ3v) is 2.68. The monoisotopic (exact) mass is 296 g/mol. The number of hydrogen-bond acceptors (Lipinski definition) is 3. The number of nitrogens with two attached hydrogens (primary N) is 2. The van der Waals surface area contributed by atoms with Gasteiger partial charge < -0.3 is 16.2 Å². The van der Waals surface area contributed by atoms with Crippen molar-refractivity contribution >= 4 is 11.6 Å². The minimum Gasteiger partial charge on any atom is -0.457 e. The van der Waals surface area contributed by atoms with Gasteiger partial charge in [-0.2, -0.15) is 13.2 Å². The molecule has 2 aromatic rings. The standard InChI is InChI=1S/C14H11F3N2O2/c15-14(16,17)11-7-10(4-5-12(11)18)21-9-3-1-2-8(6-9)13(19)20/h1-7H,18H2,(H2,19,20). The topological polar surface area (TPSA) is 78.3 Å². The summed E-state index contributed by atoms with van der Waals surface area (Å²) in [5.41, 5.74) is 9.24. The van der Waals surface area contributed by atoms with Crippen LogP contribution < -0.4 is 16.2 Å². The SMILES string of the molecule is NC(=O)c1cccc(Oc2ccc(N)c(C(F)(F)F)c2)c1. The molecule has 0 aromatic heterocycles. The van der Waals surface area contributed by atoms with E-state index in [-0.39, 0.29) is 22.7 Å². The van der Waals surface area contributed by atoms with E-state index in [1.54, 1.807) is 0 Å². The smallest absolute Gasteiger partial charge is 0.418 e. The van der Waals surface area contributed by atoms with E-state index >= 15 is 0 Å². The first-order valence-electron chi connectivity index (χ1n) is 5.82. The molecule has 0 radical (unpaired) electrons. The number of primary amides is 1. The third-order valence-electron chi connectivity index (χ3n) is 2.68. The predicted octanol–water partition coefficient (Wildman–Crippen LogP) is 3.18. The molecule has 0 heterocycles. The zero-order valence-electron chi connectivity index (χ0n) is 10.6. The number of hydrogen-bond donors (Lipinski definition) is 2. The second-order valence-corrected chi connectivity index (χ2v) is 4.24. The van der Waals surface area contributed by atoms with Gasteiger partial charge in [-0.1, -0.05) is 6.07 Å². The van der Waals surface area contributed by atoms with Crippen molar-refractivity contribution in [3.8, 4) is 11.5 Å². The number of anilines is 1. The molecule has 1 amide bonds. The van der Waals surface area contributed by atoms with Gasteiger partial charge in [0, 0.05) is 11.3 Å². The summed E-state index contributed by atoms with van der Waals surface area (Å²) in [6.45, 7) is 0. The molecule has 0 aliphatic heterocycles. The van der Waals surface area contributed by atoms with Gasteiger partial charge in [-0.3, -0.25) is 4.79 Å². The molecular weight excluding hydrogens is 285 g/mol. The first kappa shape index (κ1) is 14.7. The minimum absolute atomic E-state index is 0.0434. The number of ether oxygens (including phenoxy) is 1. The molecule has 0 aliphatic carbocycles. The van der Waals surface area contributed by atoms with Crippen LogP contribution in [0.2, 0.25) is 0 Å². The molecule has 110 valence electrons. The van der Waals surface area contributed by atoms with Gasteiger partial charge in [0.1, 0.15) is 11.5 Å². The van der Waals surface area contributed by atoms with Gasteiger partial charge in [-0.15, -0.1) is 0 Å². The van der Waals surface area contributed by atoms with Gasteiger partial charge in [0.05, 0.1) is 5.56 Å². The maximum atomic E-state index is 12.7. The van der Waals surface area contributed by atoms with Gasteiger partial charge in [0.15, 0.2) is 0 Å². The van der Waals surface area contributed by atoms with Crippen molar-refractivity contribution in [2.45, 2.75) is 6.18 Å². The number of alkyl halides is 3. The first-order valence-corrected chi connectivity index (χ1v) is 5.82. The van der Waals surface area contributed by atoms with Gasteiger partial charge in [0.25, 0.3) is 0 Å². The Kier molecular flexibility index (Phi) is 3.75. The Bertz CT molecular complexity index is 684. The largest absolute Gasteiger partial charge is 0.457 e.